The van der Waals surface area contributed by atoms with Gasteiger partial charge in [0.25, 0.3) is 0 Å². The van der Waals surface area contributed by atoms with E-state index in [0.717, 1.165) is 122 Å². The predicted molar refractivity (Wildman–Crippen MR) is 330 cm³/mol. The standard InChI is InChI=1S/C67H114NO8P/c1-6-8-10-12-14-16-18-20-22-24-25-26-27-28-29-30-31-32-33-34-35-36-37-38-39-40-41-42-43-44-46-48-50-52-54-56-58-60-67(70)76-65(64-75-77(71,72)74-62-61-68(3,4)5)63-73-66(69)59-57-55-53-51-49-47-45-23-21-19-17-15-13-11-9-7-2/h8,10,14,16,20,22,25-26,28-29,31-32,34-35,37-38,40-41,43-44,65H,6-7,9,11-13,15,17-19,21,23-24,27,30,33,36,39,42,45-64H2,1-5H3/p+1/b10-8-,16-14-,22-20-,26-25-,29-28-,32-31-,35-34-,38-37-,41-40-,44-43-. The average Bonchev–Trinajstić information content (AvgIpc) is 3.39. The molecule has 0 aliphatic heterocycles. The van der Waals surface area contributed by atoms with Crippen LogP contribution in [0.25, 0.3) is 0 Å². The lowest BCUT2D eigenvalue weighted by Gasteiger charge is -2.24. The number of hydrogen-bond donors (Lipinski definition) is 1. The van der Waals surface area contributed by atoms with Gasteiger partial charge in [0.15, 0.2) is 6.10 Å². The first-order valence-corrected chi connectivity index (χ1v) is 32.3. The molecule has 0 aromatic heterocycles. The number of esters is 2. The number of quaternary nitrogens is 1. The highest BCUT2D eigenvalue weighted by molar-refractivity contribution is 7.47. The van der Waals surface area contributed by atoms with Crippen LogP contribution in [0.4, 0.5) is 0 Å². The lowest BCUT2D eigenvalue weighted by molar-refractivity contribution is -0.870. The second-order valence-electron chi connectivity index (χ2n) is 21.4. The Labute approximate surface area is 473 Å². The van der Waals surface area contributed by atoms with Gasteiger partial charge in [-0.05, 0) is 89.9 Å². The second kappa shape index (κ2) is 57.1. The first-order valence-electron chi connectivity index (χ1n) is 30.8. The minimum Gasteiger partial charge on any atom is -0.462 e. The van der Waals surface area contributed by atoms with E-state index >= 15 is 0 Å². The first-order chi connectivity index (χ1) is 37.5. The number of ether oxygens (including phenoxy) is 2. The molecule has 0 aliphatic rings. The van der Waals surface area contributed by atoms with Crippen LogP contribution in [-0.2, 0) is 32.7 Å². The van der Waals surface area contributed by atoms with Gasteiger partial charge in [-0.25, -0.2) is 4.57 Å². The van der Waals surface area contributed by atoms with Crippen LogP contribution in [0.3, 0.4) is 0 Å². The van der Waals surface area contributed by atoms with E-state index in [1.807, 2.05) is 21.1 Å². The van der Waals surface area contributed by atoms with Crippen LogP contribution in [0.1, 0.15) is 239 Å². The molecule has 0 aliphatic carbocycles. The second-order valence-corrected chi connectivity index (χ2v) is 22.8. The SMILES string of the molecule is CC/C=C\C/C=C\C/C=C\C/C=C\C/C=C\C/C=C\C/C=C\C/C=C\C/C=C\C/C=C\CCCCCCCCC(=O)OC(COC(=O)CCCCCCCCCCCCCCCCCC)COP(=O)(O)OCC[N+](C)(C)C. The zero-order chi connectivity index (χ0) is 56.3. The number of nitrogens with zero attached hydrogens (tertiary/aromatic N) is 1. The molecule has 0 fully saturated rings. The van der Waals surface area contributed by atoms with Crippen LogP contribution >= 0.6 is 7.82 Å². The molecule has 0 bridgehead atoms. The van der Waals surface area contributed by atoms with Crippen LogP contribution < -0.4 is 0 Å². The van der Waals surface area contributed by atoms with Crippen molar-refractivity contribution < 1.29 is 42.1 Å². The summed E-state index contributed by atoms with van der Waals surface area (Å²) in [6.07, 6.45) is 81.3. The Balaban J connectivity index is 4.17. The summed E-state index contributed by atoms with van der Waals surface area (Å²) in [5.41, 5.74) is 0. The number of allylic oxidation sites excluding steroid dienone is 20. The van der Waals surface area contributed by atoms with Gasteiger partial charge in [0.05, 0.1) is 27.7 Å². The van der Waals surface area contributed by atoms with Gasteiger partial charge in [-0.1, -0.05) is 257 Å². The molecule has 2 unspecified atom stereocenters. The summed E-state index contributed by atoms with van der Waals surface area (Å²) in [6, 6.07) is 0. The number of likely N-dealkylation sites (N-methyl/N-ethyl adjacent to an activating group) is 1. The lowest BCUT2D eigenvalue weighted by atomic mass is 10.0. The number of carbonyl (C=O) groups excluding carboxylic acids is 2. The Morgan fingerprint density at radius 2 is 0.740 bits per heavy atom. The van der Waals surface area contributed by atoms with E-state index in [9.17, 15) is 19.0 Å². The molecule has 0 heterocycles. The molecular formula is C67H115NO8P+. The maximum absolute atomic E-state index is 12.8. The van der Waals surface area contributed by atoms with E-state index in [-0.39, 0.29) is 32.0 Å². The predicted octanol–water partition coefficient (Wildman–Crippen LogP) is 19.5. The summed E-state index contributed by atoms with van der Waals surface area (Å²) >= 11 is 0. The van der Waals surface area contributed by atoms with Crippen LogP contribution in [0, 0.1) is 0 Å². The topological polar surface area (TPSA) is 108 Å². The molecule has 10 heteroatoms. The average molecular weight is 1090 g/mol. The zero-order valence-corrected chi connectivity index (χ0v) is 50.8. The number of phosphoric ester groups is 1. The molecule has 0 radical (unpaired) electrons. The molecule has 0 rings (SSSR count). The number of hydrogen-bond acceptors (Lipinski definition) is 7. The van der Waals surface area contributed by atoms with Crippen molar-refractivity contribution in [3.63, 3.8) is 0 Å². The van der Waals surface area contributed by atoms with Gasteiger partial charge in [-0.2, -0.15) is 0 Å². The van der Waals surface area contributed by atoms with Crippen molar-refractivity contribution in [3.05, 3.63) is 122 Å². The molecule has 0 saturated carbocycles. The van der Waals surface area contributed by atoms with Crippen molar-refractivity contribution >= 4 is 19.8 Å². The van der Waals surface area contributed by atoms with Crippen LogP contribution in [0.15, 0.2) is 122 Å². The van der Waals surface area contributed by atoms with Crippen molar-refractivity contribution in [2.24, 2.45) is 0 Å². The summed E-state index contributed by atoms with van der Waals surface area (Å²) in [4.78, 5) is 35.7. The number of carbonyl (C=O) groups is 2. The largest absolute Gasteiger partial charge is 0.472 e. The quantitative estimate of drug-likeness (QED) is 0.0211. The fourth-order valence-electron chi connectivity index (χ4n) is 8.04. The maximum atomic E-state index is 12.8. The number of unbranched alkanes of at least 4 members (excludes halogenated alkanes) is 21. The monoisotopic (exact) mass is 1090 g/mol. The minimum absolute atomic E-state index is 0.0240. The Bertz CT molecular complexity index is 1710. The van der Waals surface area contributed by atoms with Crippen LogP contribution in [-0.4, -0.2) is 74.9 Å². The molecule has 1 N–H and O–H groups in total. The molecule has 0 aromatic carbocycles. The smallest absolute Gasteiger partial charge is 0.462 e. The zero-order valence-electron chi connectivity index (χ0n) is 49.9. The van der Waals surface area contributed by atoms with E-state index in [1.54, 1.807) is 0 Å². The summed E-state index contributed by atoms with van der Waals surface area (Å²) < 4.78 is 34.6. The molecule has 0 saturated heterocycles. The molecule has 2 atom stereocenters. The van der Waals surface area contributed by atoms with Crippen molar-refractivity contribution in [2.75, 3.05) is 47.5 Å². The summed E-state index contributed by atoms with van der Waals surface area (Å²) in [7, 11) is 1.46. The van der Waals surface area contributed by atoms with Crippen molar-refractivity contribution in [1.29, 1.82) is 0 Å². The van der Waals surface area contributed by atoms with Gasteiger partial charge in [0, 0.05) is 12.8 Å². The van der Waals surface area contributed by atoms with E-state index in [1.165, 1.54) is 83.5 Å². The Morgan fingerprint density at radius 3 is 1.10 bits per heavy atom. The lowest BCUT2D eigenvalue weighted by Crippen LogP contribution is -2.37. The van der Waals surface area contributed by atoms with Crippen molar-refractivity contribution in [2.45, 2.75) is 245 Å². The van der Waals surface area contributed by atoms with Gasteiger partial charge in [0.2, 0.25) is 0 Å². The molecular weight excluding hydrogens is 978 g/mol. The first kappa shape index (κ1) is 73.4. The fraction of sp³-hybridized carbons (Fsp3) is 0.672. The van der Waals surface area contributed by atoms with Gasteiger partial charge >= 0.3 is 19.8 Å². The molecule has 0 aromatic rings. The van der Waals surface area contributed by atoms with E-state index in [4.69, 9.17) is 18.5 Å². The van der Waals surface area contributed by atoms with Gasteiger partial charge in [-0.3, -0.25) is 18.6 Å². The molecule has 77 heavy (non-hydrogen) atoms. The van der Waals surface area contributed by atoms with Crippen LogP contribution in [0.2, 0.25) is 0 Å². The third-order valence-corrected chi connectivity index (χ3v) is 13.7. The maximum Gasteiger partial charge on any atom is 0.472 e. The van der Waals surface area contributed by atoms with E-state index in [0.29, 0.717) is 17.4 Å². The van der Waals surface area contributed by atoms with Gasteiger partial charge < -0.3 is 18.9 Å². The van der Waals surface area contributed by atoms with Crippen molar-refractivity contribution in [1.82, 2.24) is 0 Å². The highest BCUT2D eigenvalue weighted by atomic mass is 31.2. The Kier molecular flexibility index (Phi) is 54.4. The van der Waals surface area contributed by atoms with E-state index in [2.05, 4.69) is 135 Å². The molecule has 440 valence electrons. The van der Waals surface area contributed by atoms with Crippen LogP contribution in [0.5, 0.6) is 0 Å². The van der Waals surface area contributed by atoms with E-state index < -0.39 is 26.5 Å². The highest BCUT2D eigenvalue weighted by Crippen LogP contribution is 2.43. The molecule has 9 nitrogen and oxygen atoms in total. The summed E-state index contributed by atoms with van der Waals surface area (Å²) in [5.74, 6) is -0.816. The number of rotatable bonds is 55. The number of phosphoric acid groups is 1. The normalized spacial score (nSPS) is 14.1. The minimum atomic E-state index is -4.40. The summed E-state index contributed by atoms with van der Waals surface area (Å²) in [5, 5.41) is 0. The third kappa shape index (κ3) is 61.5. The third-order valence-electron chi connectivity index (χ3n) is 12.8. The highest BCUT2D eigenvalue weighted by Gasteiger charge is 2.27. The summed E-state index contributed by atoms with van der Waals surface area (Å²) in [6.45, 7) is 4.30. The van der Waals surface area contributed by atoms with Crippen molar-refractivity contribution in [3.8, 4) is 0 Å². The molecule has 0 spiro atoms. The van der Waals surface area contributed by atoms with Gasteiger partial charge in [0.1, 0.15) is 19.8 Å². The molecule has 0 amide bonds. The van der Waals surface area contributed by atoms with Gasteiger partial charge in [-0.15, -0.1) is 0 Å². The fourth-order valence-corrected chi connectivity index (χ4v) is 8.78. The Hall–Kier alpha value is -3.59. The Morgan fingerprint density at radius 1 is 0.416 bits per heavy atom.